The summed E-state index contributed by atoms with van der Waals surface area (Å²) in [6, 6.07) is 0. The molecule has 1 fully saturated rings. The maximum atomic E-state index is 3.55. The third-order valence-corrected chi connectivity index (χ3v) is 3.15. The van der Waals surface area contributed by atoms with Crippen molar-refractivity contribution in [3.8, 4) is 0 Å². The molecule has 2 nitrogen and oxygen atoms in total. The Labute approximate surface area is 95.4 Å². The van der Waals surface area contributed by atoms with Gasteiger partial charge in [0.25, 0.3) is 0 Å². The molecule has 0 aromatic rings. The third-order valence-electron chi connectivity index (χ3n) is 3.15. The Morgan fingerprint density at radius 1 is 1.13 bits per heavy atom. The minimum Gasteiger partial charge on any atom is -0.316 e. The van der Waals surface area contributed by atoms with Gasteiger partial charge in [0.05, 0.1) is 0 Å². The van der Waals surface area contributed by atoms with Crippen LogP contribution in [0.3, 0.4) is 0 Å². The fourth-order valence-corrected chi connectivity index (χ4v) is 2.28. The van der Waals surface area contributed by atoms with E-state index >= 15 is 0 Å². The topological polar surface area (TPSA) is 15.3 Å². The lowest BCUT2D eigenvalue weighted by Crippen LogP contribution is -2.43. The van der Waals surface area contributed by atoms with E-state index in [0.29, 0.717) is 0 Å². The average Bonchev–Trinajstić information content (AvgIpc) is 2.11. The fraction of sp³-hybridized carbons (Fsp3) is 1.00. The summed E-state index contributed by atoms with van der Waals surface area (Å²) >= 11 is 0. The lowest BCUT2D eigenvalue weighted by molar-refractivity contribution is 0.178. The van der Waals surface area contributed by atoms with Gasteiger partial charge in [0, 0.05) is 13.1 Å². The molecule has 0 saturated carbocycles. The van der Waals surface area contributed by atoms with Crippen molar-refractivity contribution < 1.29 is 0 Å². The Morgan fingerprint density at radius 2 is 1.67 bits per heavy atom. The number of nitrogens with zero attached hydrogens (tertiary/aromatic N) is 1. The Balaban J connectivity index is 2.36. The van der Waals surface area contributed by atoms with Crippen molar-refractivity contribution >= 4 is 0 Å². The summed E-state index contributed by atoms with van der Waals surface area (Å²) in [6.07, 6.45) is 1.34. The number of hydrogen-bond acceptors (Lipinski definition) is 2. The minimum atomic E-state index is 0.796. The van der Waals surface area contributed by atoms with Gasteiger partial charge in [-0.25, -0.2) is 0 Å². The molecular formula is C13H28N2. The van der Waals surface area contributed by atoms with Crippen LogP contribution in [0, 0.1) is 17.8 Å². The molecule has 2 unspecified atom stereocenters. The quantitative estimate of drug-likeness (QED) is 0.771. The van der Waals surface area contributed by atoms with E-state index in [4.69, 9.17) is 0 Å². The van der Waals surface area contributed by atoms with Crippen molar-refractivity contribution in [2.24, 2.45) is 17.8 Å². The standard InChI is InChI=1S/C13H28N2/c1-11(2)5-6-15-9-12(3)7-14-8-13(4)10-15/h11-14H,5-10H2,1-4H3. The van der Waals surface area contributed by atoms with Gasteiger partial charge in [-0.3, -0.25) is 0 Å². The number of rotatable bonds is 3. The van der Waals surface area contributed by atoms with Gasteiger partial charge in [-0.05, 0) is 43.8 Å². The molecule has 0 aromatic heterocycles. The van der Waals surface area contributed by atoms with E-state index < -0.39 is 0 Å². The summed E-state index contributed by atoms with van der Waals surface area (Å²) in [6.45, 7) is 15.5. The molecular weight excluding hydrogens is 184 g/mol. The molecule has 0 radical (unpaired) electrons. The van der Waals surface area contributed by atoms with Crippen molar-refractivity contribution in [3.05, 3.63) is 0 Å². The summed E-state index contributed by atoms with van der Waals surface area (Å²) in [5.41, 5.74) is 0. The second-order valence-electron chi connectivity index (χ2n) is 5.81. The van der Waals surface area contributed by atoms with Crippen LogP contribution in [0.2, 0.25) is 0 Å². The second-order valence-corrected chi connectivity index (χ2v) is 5.81. The van der Waals surface area contributed by atoms with Crippen LogP contribution >= 0.6 is 0 Å². The molecule has 1 rings (SSSR count). The molecule has 0 aliphatic carbocycles. The van der Waals surface area contributed by atoms with E-state index in [1.165, 1.54) is 39.1 Å². The second kappa shape index (κ2) is 6.49. The number of hydrogen-bond donors (Lipinski definition) is 1. The molecule has 1 N–H and O–H groups in total. The highest BCUT2D eigenvalue weighted by atomic mass is 15.1. The monoisotopic (exact) mass is 212 g/mol. The zero-order valence-corrected chi connectivity index (χ0v) is 10.9. The zero-order valence-electron chi connectivity index (χ0n) is 10.9. The molecule has 2 atom stereocenters. The van der Waals surface area contributed by atoms with E-state index in [9.17, 15) is 0 Å². The summed E-state index contributed by atoms with van der Waals surface area (Å²) in [7, 11) is 0. The molecule has 1 aliphatic rings. The van der Waals surface area contributed by atoms with Gasteiger partial charge < -0.3 is 10.2 Å². The molecule has 1 aliphatic heterocycles. The smallest absolute Gasteiger partial charge is 0.00193 e. The Kier molecular flexibility index (Phi) is 5.62. The van der Waals surface area contributed by atoms with Gasteiger partial charge in [-0.2, -0.15) is 0 Å². The van der Waals surface area contributed by atoms with Crippen LogP contribution < -0.4 is 5.32 Å². The highest BCUT2D eigenvalue weighted by molar-refractivity contribution is 4.73. The maximum absolute atomic E-state index is 3.55. The van der Waals surface area contributed by atoms with E-state index in [-0.39, 0.29) is 0 Å². The molecule has 2 heteroatoms. The average molecular weight is 212 g/mol. The molecule has 1 heterocycles. The molecule has 1 saturated heterocycles. The van der Waals surface area contributed by atoms with Crippen molar-refractivity contribution in [3.63, 3.8) is 0 Å². The van der Waals surface area contributed by atoms with Crippen molar-refractivity contribution in [2.75, 3.05) is 32.7 Å². The van der Waals surface area contributed by atoms with Gasteiger partial charge in [0.1, 0.15) is 0 Å². The van der Waals surface area contributed by atoms with Gasteiger partial charge in [0.2, 0.25) is 0 Å². The summed E-state index contributed by atoms with van der Waals surface area (Å²) in [4.78, 5) is 2.66. The number of nitrogens with one attached hydrogen (secondary N) is 1. The maximum Gasteiger partial charge on any atom is 0.00193 e. The van der Waals surface area contributed by atoms with Crippen molar-refractivity contribution in [2.45, 2.75) is 34.1 Å². The van der Waals surface area contributed by atoms with E-state index in [2.05, 4.69) is 37.9 Å². The molecule has 0 spiro atoms. The Bertz CT molecular complexity index is 156. The predicted molar refractivity (Wildman–Crippen MR) is 67.1 cm³/mol. The molecule has 0 bridgehead atoms. The lowest BCUT2D eigenvalue weighted by Gasteiger charge is -2.32. The highest BCUT2D eigenvalue weighted by Gasteiger charge is 2.16. The SMILES string of the molecule is CC(C)CCN1CC(C)CNCC(C)C1. The van der Waals surface area contributed by atoms with E-state index in [0.717, 1.165) is 17.8 Å². The lowest BCUT2D eigenvalue weighted by atomic mass is 10.0. The van der Waals surface area contributed by atoms with Crippen molar-refractivity contribution in [1.29, 1.82) is 0 Å². The van der Waals surface area contributed by atoms with Crippen LogP contribution in [0.25, 0.3) is 0 Å². The van der Waals surface area contributed by atoms with Gasteiger partial charge in [-0.1, -0.05) is 27.7 Å². The van der Waals surface area contributed by atoms with Crippen LogP contribution in [-0.2, 0) is 0 Å². The molecule has 15 heavy (non-hydrogen) atoms. The zero-order chi connectivity index (χ0) is 11.3. The van der Waals surface area contributed by atoms with Gasteiger partial charge in [-0.15, -0.1) is 0 Å². The molecule has 0 aromatic carbocycles. The first-order valence-corrected chi connectivity index (χ1v) is 6.51. The van der Waals surface area contributed by atoms with E-state index in [1.54, 1.807) is 0 Å². The van der Waals surface area contributed by atoms with Crippen LogP contribution in [0.1, 0.15) is 34.1 Å². The Morgan fingerprint density at radius 3 is 2.13 bits per heavy atom. The minimum absolute atomic E-state index is 0.796. The normalized spacial score (nSPS) is 30.2. The first-order chi connectivity index (χ1) is 7.08. The van der Waals surface area contributed by atoms with Crippen LogP contribution in [0.5, 0.6) is 0 Å². The molecule has 0 amide bonds. The summed E-state index contributed by atoms with van der Waals surface area (Å²) in [5, 5.41) is 3.55. The van der Waals surface area contributed by atoms with Gasteiger partial charge in [0.15, 0.2) is 0 Å². The van der Waals surface area contributed by atoms with Gasteiger partial charge >= 0.3 is 0 Å². The summed E-state index contributed by atoms with van der Waals surface area (Å²) < 4.78 is 0. The first kappa shape index (κ1) is 13.0. The van der Waals surface area contributed by atoms with Crippen molar-refractivity contribution in [1.82, 2.24) is 10.2 Å². The third kappa shape index (κ3) is 5.53. The predicted octanol–water partition coefficient (Wildman–Crippen LogP) is 2.21. The first-order valence-electron chi connectivity index (χ1n) is 6.51. The van der Waals surface area contributed by atoms with E-state index in [1.807, 2.05) is 0 Å². The highest BCUT2D eigenvalue weighted by Crippen LogP contribution is 2.10. The van der Waals surface area contributed by atoms with Crippen LogP contribution in [-0.4, -0.2) is 37.6 Å². The molecule has 90 valence electrons. The fourth-order valence-electron chi connectivity index (χ4n) is 2.28. The largest absolute Gasteiger partial charge is 0.316 e. The van der Waals surface area contributed by atoms with Crippen LogP contribution in [0.15, 0.2) is 0 Å². The summed E-state index contributed by atoms with van der Waals surface area (Å²) in [5.74, 6) is 2.42. The Hall–Kier alpha value is -0.0800. The van der Waals surface area contributed by atoms with Crippen LogP contribution in [0.4, 0.5) is 0 Å².